The van der Waals surface area contributed by atoms with Crippen LogP contribution in [0.15, 0.2) is 0 Å². The molecule has 8 heavy (non-hydrogen) atoms. The maximum absolute atomic E-state index is 10.6. The molecule has 0 N–H and O–H groups in total. The Hall–Kier alpha value is 0.240. The van der Waals surface area contributed by atoms with Crippen molar-refractivity contribution in [2.24, 2.45) is 0 Å². The molecule has 0 bridgehead atoms. The first-order valence-corrected chi connectivity index (χ1v) is 4.53. The molecule has 0 amide bonds. The maximum Gasteiger partial charge on any atom is 0.166 e. The normalized spacial score (nSPS) is 12.5. The second-order valence-electron chi connectivity index (χ2n) is 1.82. The van der Waals surface area contributed by atoms with E-state index >= 15 is 0 Å². The smallest absolute Gasteiger partial charge is 0.166 e. The van der Waals surface area contributed by atoms with E-state index in [1.807, 2.05) is 0 Å². The minimum absolute atomic E-state index is 0.273. The van der Waals surface area contributed by atoms with E-state index in [4.69, 9.17) is 11.6 Å². The Kier molecular flexibility index (Phi) is 2.77. The summed E-state index contributed by atoms with van der Waals surface area (Å²) in [6.07, 6.45) is 0. The zero-order valence-electron chi connectivity index (χ0n) is 4.89. The Bertz CT molecular complexity index is 147. The number of hydrogen-bond donors (Lipinski definition) is 0. The Balaban J connectivity index is 4.17. The molecule has 2 nitrogen and oxygen atoms in total. The van der Waals surface area contributed by atoms with Gasteiger partial charge in [-0.3, -0.25) is 0 Å². The molecule has 0 aliphatic heterocycles. The minimum atomic E-state index is -2.97. The standard InChI is InChI=1S/C4H9ClO2S/c1-4(2)8(6,7)3-5/h4H,3H2,1-2H3. The van der Waals surface area contributed by atoms with Crippen LogP contribution in [0.25, 0.3) is 0 Å². The fourth-order valence-electron chi connectivity index (χ4n) is 0.126. The lowest BCUT2D eigenvalue weighted by Gasteiger charge is -2.00. The summed E-state index contributed by atoms with van der Waals surface area (Å²) in [5.74, 6) is 0. The van der Waals surface area contributed by atoms with Gasteiger partial charge in [-0.05, 0) is 13.8 Å². The van der Waals surface area contributed by atoms with Gasteiger partial charge in [-0.2, -0.15) is 0 Å². The molecule has 0 aliphatic carbocycles. The van der Waals surface area contributed by atoms with Gasteiger partial charge < -0.3 is 0 Å². The summed E-state index contributed by atoms with van der Waals surface area (Å²) in [5.41, 5.74) is 0. The van der Waals surface area contributed by atoms with Crippen molar-refractivity contribution in [1.29, 1.82) is 0 Å². The average Bonchev–Trinajstić information content (AvgIpc) is 1.67. The molecule has 0 aromatic carbocycles. The van der Waals surface area contributed by atoms with Crippen molar-refractivity contribution in [2.45, 2.75) is 19.1 Å². The second kappa shape index (κ2) is 2.69. The van der Waals surface area contributed by atoms with Gasteiger partial charge in [-0.1, -0.05) is 0 Å². The van der Waals surface area contributed by atoms with E-state index in [0.29, 0.717) is 0 Å². The fourth-order valence-corrected chi connectivity index (χ4v) is 1.13. The van der Waals surface area contributed by atoms with Gasteiger partial charge in [0.25, 0.3) is 0 Å². The van der Waals surface area contributed by atoms with Crippen LogP contribution in [-0.4, -0.2) is 18.9 Å². The molecule has 0 heterocycles. The highest BCUT2D eigenvalue weighted by molar-refractivity contribution is 7.93. The van der Waals surface area contributed by atoms with Gasteiger partial charge in [0.2, 0.25) is 0 Å². The number of alkyl halides is 1. The molecule has 0 unspecified atom stereocenters. The highest BCUT2D eigenvalue weighted by atomic mass is 35.5. The third-order valence-electron chi connectivity index (χ3n) is 0.870. The molecule has 0 rings (SSSR count). The van der Waals surface area contributed by atoms with Crippen molar-refractivity contribution in [2.75, 3.05) is 5.21 Å². The Morgan fingerprint density at radius 1 is 1.50 bits per heavy atom. The van der Waals surface area contributed by atoms with Gasteiger partial charge in [-0.15, -0.1) is 11.6 Å². The predicted molar refractivity (Wildman–Crippen MR) is 34.8 cm³/mol. The third kappa shape index (κ3) is 2.01. The molecule has 0 radical (unpaired) electrons. The highest BCUT2D eigenvalue weighted by Gasteiger charge is 2.12. The van der Waals surface area contributed by atoms with E-state index in [1.165, 1.54) is 0 Å². The van der Waals surface area contributed by atoms with Crippen LogP contribution in [0.3, 0.4) is 0 Å². The summed E-state index contributed by atoms with van der Waals surface area (Å²) < 4.78 is 21.1. The molecule has 0 spiro atoms. The molecule has 0 atom stereocenters. The van der Waals surface area contributed by atoms with Crippen LogP contribution >= 0.6 is 11.6 Å². The summed E-state index contributed by atoms with van der Waals surface area (Å²) in [4.78, 5) is 0. The quantitative estimate of drug-likeness (QED) is 0.560. The lowest BCUT2D eigenvalue weighted by Crippen LogP contribution is -2.14. The summed E-state index contributed by atoms with van der Waals surface area (Å²) >= 11 is 5.10. The number of hydrogen-bond acceptors (Lipinski definition) is 2. The molecule has 0 fully saturated rings. The van der Waals surface area contributed by atoms with E-state index < -0.39 is 9.84 Å². The number of sulfone groups is 1. The lowest BCUT2D eigenvalue weighted by atomic mass is 10.6. The van der Waals surface area contributed by atoms with Crippen LogP contribution in [-0.2, 0) is 9.84 Å². The molecule has 0 aliphatic rings. The maximum atomic E-state index is 10.6. The van der Waals surface area contributed by atoms with E-state index in [2.05, 4.69) is 0 Å². The van der Waals surface area contributed by atoms with Crippen molar-refractivity contribution in [1.82, 2.24) is 0 Å². The van der Waals surface area contributed by atoms with E-state index in [1.54, 1.807) is 13.8 Å². The summed E-state index contributed by atoms with van der Waals surface area (Å²) in [5, 5.41) is -0.620. The van der Waals surface area contributed by atoms with Crippen molar-refractivity contribution < 1.29 is 8.42 Å². The number of rotatable bonds is 2. The summed E-state index contributed by atoms with van der Waals surface area (Å²) in [6, 6.07) is 0. The van der Waals surface area contributed by atoms with Crippen LogP contribution in [0.2, 0.25) is 0 Å². The predicted octanol–water partition coefficient (Wildman–Crippen LogP) is 1.01. The molecule has 0 saturated carbocycles. The Morgan fingerprint density at radius 3 is 1.88 bits per heavy atom. The van der Waals surface area contributed by atoms with Gasteiger partial charge >= 0.3 is 0 Å². The molecule has 0 aromatic heterocycles. The van der Waals surface area contributed by atoms with E-state index in [-0.39, 0.29) is 10.5 Å². The molecule has 4 heteroatoms. The number of halogens is 1. The van der Waals surface area contributed by atoms with Crippen molar-refractivity contribution in [3.8, 4) is 0 Å². The monoisotopic (exact) mass is 156 g/mol. The van der Waals surface area contributed by atoms with Crippen LogP contribution in [0.5, 0.6) is 0 Å². The Morgan fingerprint density at radius 2 is 1.88 bits per heavy atom. The third-order valence-corrected chi connectivity index (χ3v) is 3.52. The Labute approximate surface area is 54.8 Å². The lowest BCUT2D eigenvalue weighted by molar-refractivity contribution is 0.592. The van der Waals surface area contributed by atoms with E-state index in [0.717, 1.165) is 0 Å². The first-order chi connectivity index (χ1) is 3.50. The summed E-state index contributed by atoms with van der Waals surface area (Å²) in [7, 11) is -2.97. The molecule has 0 aromatic rings. The highest BCUT2D eigenvalue weighted by Crippen LogP contribution is 2.01. The molecular weight excluding hydrogens is 148 g/mol. The van der Waals surface area contributed by atoms with Crippen LogP contribution in [0.1, 0.15) is 13.8 Å². The molecule has 0 saturated heterocycles. The van der Waals surface area contributed by atoms with Crippen molar-refractivity contribution in [3.05, 3.63) is 0 Å². The van der Waals surface area contributed by atoms with Gasteiger partial charge in [0.15, 0.2) is 9.84 Å². The zero-order chi connectivity index (χ0) is 6.78. The molecule has 50 valence electrons. The fraction of sp³-hybridized carbons (Fsp3) is 1.00. The van der Waals surface area contributed by atoms with Crippen LogP contribution in [0, 0.1) is 0 Å². The van der Waals surface area contributed by atoms with Gasteiger partial charge in [0, 0.05) is 0 Å². The zero-order valence-corrected chi connectivity index (χ0v) is 6.46. The van der Waals surface area contributed by atoms with Crippen LogP contribution < -0.4 is 0 Å². The topological polar surface area (TPSA) is 34.1 Å². The van der Waals surface area contributed by atoms with Crippen LogP contribution in [0.4, 0.5) is 0 Å². The van der Waals surface area contributed by atoms with Crippen molar-refractivity contribution in [3.63, 3.8) is 0 Å². The first kappa shape index (κ1) is 8.24. The van der Waals surface area contributed by atoms with Gasteiger partial charge in [0.05, 0.1) is 5.25 Å². The minimum Gasteiger partial charge on any atom is -0.227 e. The summed E-state index contributed by atoms with van der Waals surface area (Å²) in [6.45, 7) is 3.22. The van der Waals surface area contributed by atoms with E-state index in [9.17, 15) is 8.42 Å². The SMILES string of the molecule is CC(C)S(=O)(=O)CCl. The molecular formula is C4H9ClO2S. The van der Waals surface area contributed by atoms with Crippen molar-refractivity contribution >= 4 is 21.4 Å². The average molecular weight is 157 g/mol. The largest absolute Gasteiger partial charge is 0.227 e. The first-order valence-electron chi connectivity index (χ1n) is 2.28. The van der Waals surface area contributed by atoms with Gasteiger partial charge in [-0.25, -0.2) is 8.42 Å². The van der Waals surface area contributed by atoms with Gasteiger partial charge in [0.1, 0.15) is 5.21 Å². The second-order valence-corrected chi connectivity index (χ2v) is 4.96.